The summed E-state index contributed by atoms with van der Waals surface area (Å²) in [7, 11) is 0. The fourth-order valence-corrected chi connectivity index (χ4v) is 1.34. The Morgan fingerprint density at radius 2 is 1.47 bits per heavy atom. The Morgan fingerprint density at radius 3 is 2.12 bits per heavy atom. The van der Waals surface area contributed by atoms with E-state index in [0.717, 1.165) is 11.3 Å². The molecule has 0 heterocycles. The Bertz CT molecular complexity index is 504. The number of hydrogen-bond donors (Lipinski definition) is 1. The van der Waals surface area contributed by atoms with Crippen LogP contribution in [0.25, 0.3) is 5.70 Å². The number of anilines is 1. The molecule has 0 aliphatic heterocycles. The zero-order chi connectivity index (χ0) is 11.9. The molecule has 0 bridgehead atoms. The van der Waals surface area contributed by atoms with Crippen LogP contribution in [0.2, 0.25) is 0 Å². The first-order valence-corrected chi connectivity index (χ1v) is 5.32. The zero-order valence-electron chi connectivity index (χ0n) is 9.38. The van der Waals surface area contributed by atoms with Crippen molar-refractivity contribution < 1.29 is 0 Å². The molecule has 2 rings (SSSR count). The lowest BCUT2D eigenvalue weighted by atomic mass is 10.2. The third-order valence-electron chi connectivity index (χ3n) is 2.23. The minimum absolute atomic E-state index is 0.633. The lowest BCUT2D eigenvalue weighted by Crippen LogP contribution is -1.86. The second-order valence-electron chi connectivity index (χ2n) is 3.49. The molecule has 17 heavy (non-hydrogen) atoms. The highest BCUT2D eigenvalue weighted by atomic mass is 15.4. The van der Waals surface area contributed by atoms with E-state index in [0.29, 0.717) is 5.70 Å². The summed E-state index contributed by atoms with van der Waals surface area (Å²) in [6.07, 6.45) is 0. The lowest BCUT2D eigenvalue weighted by molar-refractivity contribution is 1.14. The van der Waals surface area contributed by atoms with Crippen molar-refractivity contribution in [3.05, 3.63) is 72.8 Å². The number of rotatable bonds is 4. The zero-order valence-corrected chi connectivity index (χ0v) is 9.38. The van der Waals surface area contributed by atoms with E-state index < -0.39 is 0 Å². The van der Waals surface area contributed by atoms with Crippen LogP contribution in [-0.2, 0) is 0 Å². The maximum absolute atomic E-state index is 4.01. The van der Waals surface area contributed by atoms with E-state index >= 15 is 0 Å². The predicted octanol–water partition coefficient (Wildman–Crippen LogP) is 4.14. The average molecular weight is 223 g/mol. The van der Waals surface area contributed by atoms with Crippen LogP contribution in [0, 0.1) is 0 Å². The lowest BCUT2D eigenvalue weighted by Gasteiger charge is -1.99. The van der Waals surface area contributed by atoms with Gasteiger partial charge in [-0.15, -0.1) is 5.11 Å². The Hall–Kier alpha value is -2.42. The predicted molar refractivity (Wildman–Crippen MR) is 70.4 cm³/mol. The van der Waals surface area contributed by atoms with Crippen LogP contribution in [0.1, 0.15) is 5.56 Å². The van der Waals surface area contributed by atoms with Gasteiger partial charge in [0, 0.05) is 5.56 Å². The second kappa shape index (κ2) is 5.61. The van der Waals surface area contributed by atoms with Crippen LogP contribution in [0.4, 0.5) is 5.69 Å². The molecule has 0 saturated heterocycles. The molecule has 3 nitrogen and oxygen atoms in total. The molecular formula is C14H13N3. The quantitative estimate of drug-likeness (QED) is 0.614. The summed E-state index contributed by atoms with van der Waals surface area (Å²) in [5.41, 5.74) is 5.34. The summed E-state index contributed by atoms with van der Waals surface area (Å²) in [5.74, 6) is 0. The van der Waals surface area contributed by atoms with E-state index in [1.807, 2.05) is 60.7 Å². The van der Waals surface area contributed by atoms with Gasteiger partial charge in [-0.2, -0.15) is 0 Å². The van der Waals surface area contributed by atoms with Crippen molar-refractivity contribution in [1.82, 2.24) is 0 Å². The van der Waals surface area contributed by atoms with Crippen molar-refractivity contribution in [2.75, 3.05) is 5.43 Å². The third-order valence-corrected chi connectivity index (χ3v) is 2.23. The molecule has 84 valence electrons. The van der Waals surface area contributed by atoms with Gasteiger partial charge in [-0.3, -0.25) is 5.43 Å². The smallest absolute Gasteiger partial charge is 0.0874 e. The molecule has 3 heteroatoms. The van der Waals surface area contributed by atoms with E-state index in [9.17, 15) is 0 Å². The average Bonchev–Trinajstić information content (AvgIpc) is 2.41. The molecule has 0 saturated carbocycles. The van der Waals surface area contributed by atoms with Crippen LogP contribution < -0.4 is 5.43 Å². The third kappa shape index (κ3) is 3.28. The summed E-state index contributed by atoms with van der Waals surface area (Å²) in [6, 6.07) is 19.4. The molecule has 2 aromatic carbocycles. The van der Waals surface area contributed by atoms with Gasteiger partial charge in [0.05, 0.1) is 11.4 Å². The molecule has 0 aromatic heterocycles. The molecule has 0 aliphatic carbocycles. The number of para-hydroxylation sites is 1. The van der Waals surface area contributed by atoms with Crippen molar-refractivity contribution >= 4 is 11.4 Å². The van der Waals surface area contributed by atoms with Gasteiger partial charge in [-0.1, -0.05) is 60.3 Å². The fraction of sp³-hybridized carbons (Fsp3) is 0. The van der Waals surface area contributed by atoms with E-state index in [1.165, 1.54) is 0 Å². The van der Waals surface area contributed by atoms with Gasteiger partial charge in [0.2, 0.25) is 0 Å². The summed E-state index contributed by atoms with van der Waals surface area (Å²) >= 11 is 0. The van der Waals surface area contributed by atoms with Crippen LogP contribution >= 0.6 is 0 Å². The van der Waals surface area contributed by atoms with E-state index in [4.69, 9.17) is 0 Å². The SMILES string of the molecule is C=C(N=NNc1ccccc1)c1ccccc1. The number of benzene rings is 2. The standard InChI is InChI=1S/C14H13N3/c1-12(13-8-4-2-5-9-13)15-17-16-14-10-6-3-7-11-14/h2-11H,1H2,(H,15,16). The molecule has 0 fully saturated rings. The molecule has 2 aromatic rings. The van der Waals surface area contributed by atoms with Gasteiger partial charge >= 0.3 is 0 Å². The fourth-order valence-electron chi connectivity index (χ4n) is 1.34. The van der Waals surface area contributed by atoms with E-state index in [1.54, 1.807) is 0 Å². The van der Waals surface area contributed by atoms with Crippen molar-refractivity contribution in [3.8, 4) is 0 Å². The van der Waals surface area contributed by atoms with Crippen molar-refractivity contribution in [1.29, 1.82) is 0 Å². The number of hydrogen-bond acceptors (Lipinski definition) is 2. The van der Waals surface area contributed by atoms with E-state index in [-0.39, 0.29) is 0 Å². The van der Waals surface area contributed by atoms with Gasteiger partial charge in [-0.25, -0.2) is 0 Å². The molecule has 0 aliphatic rings. The second-order valence-corrected chi connectivity index (χ2v) is 3.49. The van der Waals surface area contributed by atoms with Crippen LogP contribution in [0.3, 0.4) is 0 Å². The molecule has 1 N–H and O–H groups in total. The minimum Gasteiger partial charge on any atom is -0.260 e. The minimum atomic E-state index is 0.633. The van der Waals surface area contributed by atoms with Gasteiger partial charge in [-0.05, 0) is 12.1 Å². The van der Waals surface area contributed by atoms with Crippen LogP contribution in [0.15, 0.2) is 77.6 Å². The van der Waals surface area contributed by atoms with Crippen LogP contribution in [0.5, 0.6) is 0 Å². The highest BCUT2D eigenvalue weighted by Gasteiger charge is 1.94. The molecule has 0 radical (unpaired) electrons. The topological polar surface area (TPSA) is 36.8 Å². The highest BCUT2D eigenvalue weighted by Crippen LogP contribution is 2.13. The molecular weight excluding hydrogens is 210 g/mol. The van der Waals surface area contributed by atoms with Gasteiger partial charge < -0.3 is 0 Å². The van der Waals surface area contributed by atoms with Crippen molar-refractivity contribution in [2.24, 2.45) is 10.3 Å². The van der Waals surface area contributed by atoms with Crippen molar-refractivity contribution in [3.63, 3.8) is 0 Å². The van der Waals surface area contributed by atoms with E-state index in [2.05, 4.69) is 22.3 Å². The first-order valence-electron chi connectivity index (χ1n) is 5.32. The molecule has 0 amide bonds. The van der Waals surface area contributed by atoms with Gasteiger partial charge in [0.1, 0.15) is 0 Å². The summed E-state index contributed by atoms with van der Waals surface area (Å²) in [6.45, 7) is 3.86. The molecule has 0 spiro atoms. The number of nitrogens with zero attached hydrogens (tertiary/aromatic N) is 2. The maximum atomic E-state index is 4.01. The van der Waals surface area contributed by atoms with Gasteiger partial charge in [0.25, 0.3) is 0 Å². The summed E-state index contributed by atoms with van der Waals surface area (Å²) in [5, 5.41) is 7.90. The maximum Gasteiger partial charge on any atom is 0.0874 e. The Balaban J connectivity index is 1.96. The summed E-state index contributed by atoms with van der Waals surface area (Å²) < 4.78 is 0. The largest absolute Gasteiger partial charge is 0.260 e. The number of nitrogens with one attached hydrogen (secondary N) is 1. The Labute approximate surface area is 100 Å². The highest BCUT2D eigenvalue weighted by molar-refractivity contribution is 5.61. The van der Waals surface area contributed by atoms with Crippen LogP contribution in [-0.4, -0.2) is 0 Å². The Morgan fingerprint density at radius 1 is 0.882 bits per heavy atom. The van der Waals surface area contributed by atoms with Gasteiger partial charge in [0.15, 0.2) is 0 Å². The van der Waals surface area contributed by atoms with Crippen molar-refractivity contribution in [2.45, 2.75) is 0 Å². The first kappa shape index (κ1) is 11.1. The Kier molecular flexibility index (Phi) is 3.65. The summed E-state index contributed by atoms with van der Waals surface area (Å²) in [4.78, 5) is 0. The monoisotopic (exact) mass is 223 g/mol. The first-order chi connectivity index (χ1) is 8.36. The normalized spacial score (nSPS) is 10.4. The molecule has 0 atom stereocenters. The molecule has 0 unspecified atom stereocenters.